The van der Waals surface area contributed by atoms with Gasteiger partial charge >= 0.3 is 5.97 Å². The summed E-state index contributed by atoms with van der Waals surface area (Å²) in [5.74, 6) is -1.18. The van der Waals surface area contributed by atoms with E-state index >= 15 is 0 Å². The molecule has 1 aromatic rings. The van der Waals surface area contributed by atoms with Crippen LogP contribution in [0, 0.1) is 11.8 Å². The van der Waals surface area contributed by atoms with Gasteiger partial charge in [-0.2, -0.15) is 0 Å². The van der Waals surface area contributed by atoms with Crippen LogP contribution in [0.5, 0.6) is 0 Å². The van der Waals surface area contributed by atoms with Crippen LogP contribution in [0.15, 0.2) is 24.3 Å². The molecule has 0 unspecified atom stereocenters. The van der Waals surface area contributed by atoms with E-state index in [2.05, 4.69) is 0 Å². The zero-order valence-corrected chi connectivity index (χ0v) is 17.1. The molecule has 1 aromatic heterocycles. The highest BCUT2D eigenvalue weighted by Crippen LogP contribution is 2.37. The van der Waals surface area contributed by atoms with Gasteiger partial charge in [-0.3, -0.25) is 0 Å². The van der Waals surface area contributed by atoms with Gasteiger partial charge in [0.2, 0.25) is 0 Å². The van der Waals surface area contributed by atoms with E-state index in [0.717, 1.165) is 30.6 Å². The molecule has 0 radical (unpaired) electrons. The summed E-state index contributed by atoms with van der Waals surface area (Å²) in [7, 11) is 0. The normalized spacial score (nSPS) is 27.3. The summed E-state index contributed by atoms with van der Waals surface area (Å²) in [6, 6.07) is 3.44. The Hall–Kier alpha value is -1.25. The Balaban J connectivity index is 1.84. The van der Waals surface area contributed by atoms with Crippen LogP contribution in [0.1, 0.15) is 60.0 Å². The molecule has 28 heavy (non-hydrogen) atoms. The molecule has 0 bridgehead atoms. The average molecular weight is 413 g/mol. The minimum atomic E-state index is -0.914. The van der Waals surface area contributed by atoms with E-state index in [1.165, 1.54) is 11.3 Å². The Kier molecular flexibility index (Phi) is 9.11. The van der Waals surface area contributed by atoms with Crippen molar-refractivity contribution >= 4 is 17.3 Å². The maximum atomic E-state index is 11.0. The molecule has 5 N–H and O–H groups in total. The third kappa shape index (κ3) is 6.97. The van der Waals surface area contributed by atoms with Gasteiger partial charge in [-0.25, -0.2) is 4.79 Å². The van der Waals surface area contributed by atoms with Gasteiger partial charge in [-0.1, -0.05) is 12.2 Å². The quantitative estimate of drug-likeness (QED) is 0.357. The molecule has 6 nitrogen and oxygen atoms in total. The highest BCUT2D eigenvalue weighted by Gasteiger charge is 2.39. The number of carboxylic acids is 1. The number of carboxylic acid groups (broad SMARTS) is 1. The molecule has 0 saturated heterocycles. The lowest BCUT2D eigenvalue weighted by Gasteiger charge is -2.21. The second-order valence-electron chi connectivity index (χ2n) is 7.81. The molecule has 158 valence electrons. The standard InChI is InChI=1S/C21H32O6S/c1-13(22)4-2-5-14(23)8-10-17-16(18(24)12-19(17)25)7-3-6-15-9-11-20(28-15)21(26)27/h8-11,13-14,16-19,22-25H,2-7,12H2,1H3,(H,26,27)/t13-,14+,16-,17-,18-,19-/m1/s1. The molecule has 7 heteroatoms. The molecule has 0 spiro atoms. The molecule has 0 aromatic carbocycles. The van der Waals surface area contributed by atoms with Crippen LogP contribution in [0.2, 0.25) is 0 Å². The largest absolute Gasteiger partial charge is 0.477 e. The fourth-order valence-electron chi connectivity index (χ4n) is 3.89. The number of aliphatic hydroxyl groups excluding tert-OH is 4. The Morgan fingerprint density at radius 3 is 2.61 bits per heavy atom. The predicted molar refractivity (Wildman–Crippen MR) is 109 cm³/mol. The molecule has 2 rings (SSSR count). The van der Waals surface area contributed by atoms with E-state index in [1.807, 2.05) is 12.1 Å². The third-order valence-electron chi connectivity index (χ3n) is 5.43. The number of hydrogen-bond acceptors (Lipinski definition) is 6. The zero-order chi connectivity index (χ0) is 20.7. The van der Waals surface area contributed by atoms with Gasteiger partial charge in [0.05, 0.1) is 24.4 Å². The summed E-state index contributed by atoms with van der Waals surface area (Å²) in [4.78, 5) is 12.3. The van der Waals surface area contributed by atoms with Gasteiger partial charge < -0.3 is 25.5 Å². The van der Waals surface area contributed by atoms with Crippen molar-refractivity contribution in [1.29, 1.82) is 0 Å². The monoisotopic (exact) mass is 412 g/mol. The van der Waals surface area contributed by atoms with Crippen LogP contribution in [0.25, 0.3) is 0 Å². The number of thiophene rings is 1. The van der Waals surface area contributed by atoms with Crippen molar-refractivity contribution in [2.75, 3.05) is 0 Å². The summed E-state index contributed by atoms with van der Waals surface area (Å²) in [5.41, 5.74) is 0. The van der Waals surface area contributed by atoms with E-state index in [1.54, 1.807) is 19.1 Å². The topological polar surface area (TPSA) is 118 Å². The van der Waals surface area contributed by atoms with Crippen molar-refractivity contribution in [3.63, 3.8) is 0 Å². The molecular weight excluding hydrogens is 380 g/mol. The van der Waals surface area contributed by atoms with Crippen molar-refractivity contribution < 1.29 is 30.3 Å². The first-order valence-corrected chi connectivity index (χ1v) is 10.8. The number of aryl methyl sites for hydroxylation is 1. The first-order chi connectivity index (χ1) is 13.3. The Bertz CT molecular complexity index is 641. The maximum absolute atomic E-state index is 11.0. The van der Waals surface area contributed by atoms with Crippen LogP contribution in [0.4, 0.5) is 0 Å². The molecule has 1 saturated carbocycles. The lowest BCUT2D eigenvalue weighted by molar-refractivity contribution is 0.0702. The molecule has 6 atom stereocenters. The lowest BCUT2D eigenvalue weighted by Crippen LogP contribution is -2.21. The van der Waals surface area contributed by atoms with Crippen LogP contribution >= 0.6 is 11.3 Å². The fourth-order valence-corrected chi connectivity index (χ4v) is 4.78. The first kappa shape index (κ1) is 23.0. The molecule has 1 fully saturated rings. The average Bonchev–Trinajstić information content (AvgIpc) is 3.18. The molecule has 1 aliphatic rings. The van der Waals surface area contributed by atoms with Crippen LogP contribution in [-0.4, -0.2) is 55.9 Å². The summed E-state index contributed by atoms with van der Waals surface area (Å²) in [6.45, 7) is 1.72. The van der Waals surface area contributed by atoms with Crippen molar-refractivity contribution in [2.24, 2.45) is 11.8 Å². The lowest BCUT2D eigenvalue weighted by atomic mass is 9.88. The summed E-state index contributed by atoms with van der Waals surface area (Å²) in [5, 5.41) is 48.9. The van der Waals surface area contributed by atoms with E-state index in [4.69, 9.17) is 5.11 Å². The number of rotatable bonds is 11. The summed E-state index contributed by atoms with van der Waals surface area (Å²) < 4.78 is 0. The summed E-state index contributed by atoms with van der Waals surface area (Å²) in [6.07, 6.45) is 5.86. The maximum Gasteiger partial charge on any atom is 0.345 e. The molecule has 0 amide bonds. The van der Waals surface area contributed by atoms with Crippen molar-refractivity contribution in [2.45, 2.75) is 76.3 Å². The van der Waals surface area contributed by atoms with Crippen molar-refractivity contribution in [3.8, 4) is 0 Å². The SMILES string of the molecule is C[C@@H](O)CCC[C@H](O)C=C[C@@H]1[C@@H](CCCc2ccc(C(=O)O)s2)[C@H](O)C[C@H]1O. The molecule has 1 heterocycles. The Morgan fingerprint density at radius 2 is 1.96 bits per heavy atom. The molecule has 1 aliphatic carbocycles. The first-order valence-electron chi connectivity index (χ1n) is 10.0. The number of aliphatic hydroxyl groups is 4. The van der Waals surface area contributed by atoms with Crippen LogP contribution < -0.4 is 0 Å². The highest BCUT2D eigenvalue weighted by molar-refractivity contribution is 7.13. The third-order valence-corrected chi connectivity index (χ3v) is 6.56. The summed E-state index contributed by atoms with van der Waals surface area (Å²) >= 11 is 1.27. The van der Waals surface area contributed by atoms with Gasteiger partial charge in [-0.05, 0) is 63.5 Å². The highest BCUT2D eigenvalue weighted by atomic mass is 32.1. The van der Waals surface area contributed by atoms with Gasteiger partial charge in [0, 0.05) is 17.2 Å². The van der Waals surface area contributed by atoms with E-state index in [-0.39, 0.29) is 17.9 Å². The van der Waals surface area contributed by atoms with E-state index in [0.29, 0.717) is 24.1 Å². The van der Waals surface area contributed by atoms with E-state index in [9.17, 15) is 25.2 Å². The number of hydrogen-bond donors (Lipinski definition) is 5. The van der Waals surface area contributed by atoms with Crippen LogP contribution in [0.3, 0.4) is 0 Å². The van der Waals surface area contributed by atoms with Crippen molar-refractivity contribution in [3.05, 3.63) is 34.0 Å². The van der Waals surface area contributed by atoms with E-state index < -0.39 is 24.3 Å². The van der Waals surface area contributed by atoms with Gasteiger partial charge in [-0.15, -0.1) is 11.3 Å². The fraction of sp³-hybridized carbons (Fsp3) is 0.667. The second kappa shape index (κ2) is 11.1. The van der Waals surface area contributed by atoms with Gasteiger partial charge in [0.15, 0.2) is 0 Å². The zero-order valence-electron chi connectivity index (χ0n) is 16.3. The molecule has 0 aliphatic heterocycles. The Labute approximate surface area is 170 Å². The smallest absolute Gasteiger partial charge is 0.345 e. The number of carbonyl (C=O) groups is 1. The number of aromatic carboxylic acids is 1. The second-order valence-corrected chi connectivity index (χ2v) is 8.98. The molecular formula is C21H32O6S. The van der Waals surface area contributed by atoms with Gasteiger partial charge in [0.1, 0.15) is 4.88 Å². The Morgan fingerprint density at radius 1 is 1.21 bits per heavy atom. The van der Waals surface area contributed by atoms with Crippen molar-refractivity contribution in [1.82, 2.24) is 0 Å². The van der Waals surface area contributed by atoms with Crippen LogP contribution in [-0.2, 0) is 6.42 Å². The predicted octanol–water partition coefficient (Wildman–Crippen LogP) is 2.60. The minimum absolute atomic E-state index is 0.0742. The minimum Gasteiger partial charge on any atom is -0.477 e. The van der Waals surface area contributed by atoms with Gasteiger partial charge in [0.25, 0.3) is 0 Å².